The molecule has 180 valence electrons. The third-order valence-corrected chi connectivity index (χ3v) is 12.3. The lowest BCUT2D eigenvalue weighted by Crippen LogP contribution is -2.67. The molecule has 2 aromatic rings. The molecule has 0 N–H and O–H groups in total. The van der Waals surface area contributed by atoms with Gasteiger partial charge in [-0.25, -0.2) is 4.79 Å². The lowest BCUT2D eigenvalue weighted by atomic mass is 9.78. The van der Waals surface area contributed by atoms with Crippen LogP contribution in [-0.4, -0.2) is 39.7 Å². The highest BCUT2D eigenvalue weighted by Gasteiger charge is 2.54. The average molecular weight is 477 g/mol. The highest BCUT2D eigenvalue weighted by molar-refractivity contribution is 6.99. The number of benzene rings is 2. The van der Waals surface area contributed by atoms with Gasteiger partial charge in [0.1, 0.15) is 0 Å². The molecule has 5 atom stereocenters. The van der Waals surface area contributed by atoms with Crippen LogP contribution in [0.15, 0.2) is 85.5 Å². The first-order valence-corrected chi connectivity index (χ1v) is 14.0. The van der Waals surface area contributed by atoms with E-state index < -0.39 is 14.4 Å². The molecule has 0 spiro atoms. The molecule has 1 aliphatic carbocycles. The number of hydrogen-bond donors (Lipinski definition) is 0. The second-order valence-electron chi connectivity index (χ2n) is 10.3. The first kappa shape index (κ1) is 24.6. The Bertz CT molecular complexity index is 972. The van der Waals surface area contributed by atoms with Crippen LogP contribution in [0.3, 0.4) is 0 Å². The standard InChI is InChI=1S/C29H36O4Si/c1-6-13-26-25-20-21(18-19-24(25)27(32-26)28(30)31-5)33-34(29(2,3)4,22-14-9-7-10-15-22)23-16-11-8-12-17-23/h6-12,14-19,21,24-27H,1,13,20H2,2-5H3/t21-,24+,25-,26+,27+/m0/s1. The van der Waals surface area contributed by atoms with Gasteiger partial charge in [0, 0.05) is 5.92 Å². The SMILES string of the molecule is C=CC[C@H]1O[C@@H](C(=O)OC)[C@@H]2C=C[C@H](O[Si](c3ccccc3)(c3ccccc3)C(C)(C)C)C[C@@H]21. The molecule has 4 rings (SSSR count). The van der Waals surface area contributed by atoms with Crippen LogP contribution in [0.2, 0.25) is 5.04 Å². The van der Waals surface area contributed by atoms with Gasteiger partial charge in [-0.05, 0) is 34.2 Å². The predicted molar refractivity (Wildman–Crippen MR) is 139 cm³/mol. The topological polar surface area (TPSA) is 44.8 Å². The number of methoxy groups -OCH3 is 1. The quantitative estimate of drug-likeness (QED) is 0.332. The molecular weight excluding hydrogens is 440 g/mol. The van der Waals surface area contributed by atoms with Gasteiger partial charge in [-0.15, -0.1) is 6.58 Å². The van der Waals surface area contributed by atoms with Gasteiger partial charge in [0.15, 0.2) is 6.10 Å². The van der Waals surface area contributed by atoms with Crippen molar-refractivity contribution in [3.63, 3.8) is 0 Å². The lowest BCUT2D eigenvalue weighted by Gasteiger charge is -2.46. The van der Waals surface area contributed by atoms with Gasteiger partial charge in [-0.2, -0.15) is 0 Å². The Hall–Kier alpha value is -2.47. The van der Waals surface area contributed by atoms with Gasteiger partial charge < -0.3 is 13.9 Å². The van der Waals surface area contributed by atoms with E-state index in [9.17, 15) is 4.79 Å². The number of ether oxygens (including phenoxy) is 2. The van der Waals surface area contributed by atoms with E-state index in [4.69, 9.17) is 13.9 Å². The van der Waals surface area contributed by atoms with Crippen molar-refractivity contribution in [2.24, 2.45) is 11.8 Å². The van der Waals surface area contributed by atoms with Crippen LogP contribution in [0.5, 0.6) is 0 Å². The summed E-state index contributed by atoms with van der Waals surface area (Å²) in [7, 11) is -1.25. The third kappa shape index (κ3) is 4.44. The summed E-state index contributed by atoms with van der Waals surface area (Å²) in [6.07, 6.45) is 6.95. The maximum atomic E-state index is 12.4. The molecule has 34 heavy (non-hydrogen) atoms. The summed E-state index contributed by atoms with van der Waals surface area (Å²) in [5.74, 6) is -0.135. The van der Waals surface area contributed by atoms with Gasteiger partial charge >= 0.3 is 5.97 Å². The van der Waals surface area contributed by atoms with E-state index in [1.807, 2.05) is 6.08 Å². The number of carbonyl (C=O) groups is 1. The molecule has 1 aliphatic heterocycles. The minimum atomic E-state index is -2.67. The lowest BCUT2D eigenvalue weighted by molar-refractivity contribution is -0.154. The summed E-state index contributed by atoms with van der Waals surface area (Å²) < 4.78 is 18.5. The fourth-order valence-electron chi connectivity index (χ4n) is 5.73. The zero-order valence-electron chi connectivity index (χ0n) is 20.6. The molecule has 5 heteroatoms. The molecule has 0 saturated carbocycles. The van der Waals surface area contributed by atoms with Crippen molar-refractivity contribution in [2.75, 3.05) is 7.11 Å². The first-order chi connectivity index (χ1) is 16.3. The minimum absolute atomic E-state index is 0.00333. The number of esters is 1. The minimum Gasteiger partial charge on any atom is -0.467 e. The summed E-state index contributed by atoms with van der Waals surface area (Å²) in [5.41, 5.74) is 0. The van der Waals surface area contributed by atoms with Gasteiger partial charge in [0.2, 0.25) is 0 Å². The summed E-state index contributed by atoms with van der Waals surface area (Å²) in [6.45, 7) is 10.8. The molecule has 0 unspecified atom stereocenters. The second-order valence-corrected chi connectivity index (χ2v) is 14.6. The molecular formula is C29H36O4Si. The van der Waals surface area contributed by atoms with Gasteiger partial charge in [-0.1, -0.05) is 99.7 Å². The Balaban J connectivity index is 1.74. The van der Waals surface area contributed by atoms with Gasteiger partial charge in [-0.3, -0.25) is 0 Å². The van der Waals surface area contributed by atoms with Gasteiger partial charge in [0.25, 0.3) is 8.32 Å². The molecule has 1 saturated heterocycles. The molecule has 0 radical (unpaired) electrons. The average Bonchev–Trinajstić information content (AvgIpc) is 3.20. The summed E-state index contributed by atoms with van der Waals surface area (Å²) >= 11 is 0. The highest BCUT2D eigenvalue weighted by Crippen LogP contribution is 2.44. The molecule has 1 fully saturated rings. The second kappa shape index (κ2) is 10.0. The van der Waals surface area contributed by atoms with Crippen molar-refractivity contribution in [3.8, 4) is 0 Å². The predicted octanol–water partition coefficient (Wildman–Crippen LogP) is 4.64. The Kier molecular flexibility index (Phi) is 7.27. The fourth-order valence-corrected chi connectivity index (χ4v) is 10.4. The van der Waals surface area contributed by atoms with Crippen molar-refractivity contribution in [2.45, 2.75) is 57.0 Å². The van der Waals surface area contributed by atoms with Crippen molar-refractivity contribution in [1.82, 2.24) is 0 Å². The number of rotatable bonds is 7. The molecule has 2 aromatic carbocycles. The normalized spacial score (nSPS) is 26.6. The summed E-state index contributed by atoms with van der Waals surface area (Å²) in [5, 5.41) is 2.44. The van der Waals surface area contributed by atoms with Crippen LogP contribution in [-0.2, 0) is 18.7 Å². The monoisotopic (exact) mass is 476 g/mol. The Morgan fingerprint density at radius 2 is 1.65 bits per heavy atom. The Labute approximate surface area is 204 Å². The Morgan fingerprint density at radius 1 is 1.06 bits per heavy atom. The van der Waals surface area contributed by atoms with E-state index >= 15 is 0 Å². The van der Waals surface area contributed by atoms with E-state index in [2.05, 4.69) is 100 Å². The molecule has 0 bridgehead atoms. The van der Waals surface area contributed by atoms with E-state index in [-0.39, 0.29) is 35.1 Å². The highest BCUT2D eigenvalue weighted by atomic mass is 28.4. The van der Waals surface area contributed by atoms with Crippen LogP contribution in [0, 0.1) is 11.8 Å². The van der Waals surface area contributed by atoms with Crippen molar-refractivity contribution >= 4 is 24.7 Å². The maximum absolute atomic E-state index is 12.4. The summed E-state index contributed by atoms with van der Waals surface area (Å²) in [6, 6.07) is 21.4. The molecule has 4 nitrogen and oxygen atoms in total. The van der Waals surface area contributed by atoms with Crippen LogP contribution in [0.1, 0.15) is 33.6 Å². The smallest absolute Gasteiger partial charge is 0.335 e. The van der Waals surface area contributed by atoms with Crippen LogP contribution >= 0.6 is 0 Å². The van der Waals surface area contributed by atoms with Crippen molar-refractivity contribution < 1.29 is 18.7 Å². The van der Waals surface area contributed by atoms with E-state index in [1.54, 1.807) is 0 Å². The van der Waals surface area contributed by atoms with E-state index in [0.29, 0.717) is 6.42 Å². The molecule has 0 aromatic heterocycles. The zero-order chi connectivity index (χ0) is 24.3. The number of carbonyl (C=O) groups excluding carboxylic acids is 1. The summed E-state index contributed by atoms with van der Waals surface area (Å²) in [4.78, 5) is 12.4. The van der Waals surface area contributed by atoms with Crippen molar-refractivity contribution in [1.29, 1.82) is 0 Å². The molecule has 1 heterocycles. The molecule has 0 amide bonds. The van der Waals surface area contributed by atoms with Gasteiger partial charge in [0.05, 0.1) is 19.3 Å². The Morgan fingerprint density at radius 3 is 2.15 bits per heavy atom. The maximum Gasteiger partial charge on any atom is 0.335 e. The fraction of sp³-hybridized carbons (Fsp3) is 0.414. The molecule has 2 aliphatic rings. The van der Waals surface area contributed by atoms with Crippen LogP contribution in [0.25, 0.3) is 0 Å². The van der Waals surface area contributed by atoms with Crippen LogP contribution in [0.4, 0.5) is 0 Å². The number of fused-ring (bicyclic) bond motifs is 1. The van der Waals surface area contributed by atoms with Crippen molar-refractivity contribution in [3.05, 3.63) is 85.5 Å². The first-order valence-electron chi connectivity index (χ1n) is 12.1. The van der Waals surface area contributed by atoms with Crippen LogP contribution < -0.4 is 10.4 Å². The largest absolute Gasteiger partial charge is 0.467 e. The van der Waals surface area contributed by atoms with E-state index in [0.717, 1.165) is 6.42 Å². The van der Waals surface area contributed by atoms with E-state index in [1.165, 1.54) is 17.5 Å². The third-order valence-electron chi connectivity index (χ3n) is 7.27. The number of hydrogen-bond acceptors (Lipinski definition) is 4. The zero-order valence-corrected chi connectivity index (χ0v) is 21.6.